The molecule has 4 N–H and O–H groups in total. The Morgan fingerprint density at radius 3 is 2.41 bits per heavy atom. The number of primary amides is 1. The first-order valence-electron chi connectivity index (χ1n) is 15.2. The van der Waals surface area contributed by atoms with Gasteiger partial charge in [0.05, 0.1) is 11.1 Å². The topological polar surface area (TPSA) is 142 Å². The Morgan fingerprint density at radius 1 is 1.02 bits per heavy atom. The van der Waals surface area contributed by atoms with Crippen molar-refractivity contribution in [2.45, 2.75) is 90.9 Å². The van der Waals surface area contributed by atoms with Crippen molar-refractivity contribution < 1.29 is 28.7 Å². The SMILES string of the molecule is CC1(C)CC(=O)n2c(c(-c3ccc(C(N)=O)c(NC4CCC(OC(=O)CNC(=O)OC(C)(C)C)CC4)c3)c3ccccc32)C1. The van der Waals surface area contributed by atoms with E-state index in [1.165, 1.54) is 0 Å². The van der Waals surface area contributed by atoms with Crippen molar-refractivity contribution in [1.82, 2.24) is 9.88 Å². The number of nitrogens with one attached hydrogen (secondary N) is 2. The second kappa shape index (κ2) is 12.0. The first kappa shape index (κ1) is 31.1. The van der Waals surface area contributed by atoms with Gasteiger partial charge in [-0.15, -0.1) is 0 Å². The largest absolute Gasteiger partial charge is 0.461 e. The summed E-state index contributed by atoms with van der Waals surface area (Å²) >= 11 is 0. The minimum absolute atomic E-state index is 0.0402. The number of fused-ring (bicyclic) bond motifs is 3. The molecule has 5 rings (SSSR count). The molecule has 0 radical (unpaired) electrons. The molecule has 2 amide bonds. The van der Waals surface area contributed by atoms with E-state index in [0.717, 1.165) is 34.1 Å². The van der Waals surface area contributed by atoms with E-state index >= 15 is 0 Å². The van der Waals surface area contributed by atoms with Gasteiger partial charge in [-0.25, -0.2) is 4.79 Å². The molecule has 44 heavy (non-hydrogen) atoms. The lowest BCUT2D eigenvalue weighted by atomic mass is 9.80. The molecular weight excluding hydrogens is 560 g/mol. The van der Waals surface area contributed by atoms with Gasteiger partial charge in [0.15, 0.2) is 0 Å². The molecule has 0 bridgehead atoms. The number of aromatic nitrogens is 1. The highest BCUT2D eigenvalue weighted by molar-refractivity contribution is 6.06. The van der Waals surface area contributed by atoms with Crippen LogP contribution in [0, 0.1) is 5.41 Å². The smallest absolute Gasteiger partial charge is 0.408 e. The molecule has 0 atom stereocenters. The number of alkyl carbamates (subject to hydrolysis) is 1. The van der Waals surface area contributed by atoms with Crippen molar-refractivity contribution in [3.8, 4) is 11.1 Å². The van der Waals surface area contributed by atoms with Gasteiger partial charge in [0.25, 0.3) is 5.91 Å². The molecule has 2 aromatic carbocycles. The Labute approximate surface area is 257 Å². The Morgan fingerprint density at radius 2 is 1.73 bits per heavy atom. The normalized spacial score (nSPS) is 19.6. The van der Waals surface area contributed by atoms with Gasteiger partial charge in [0, 0.05) is 34.8 Å². The summed E-state index contributed by atoms with van der Waals surface area (Å²) in [6.07, 6.45) is 3.00. The van der Waals surface area contributed by atoms with Crippen LogP contribution in [0.4, 0.5) is 10.5 Å². The van der Waals surface area contributed by atoms with Crippen LogP contribution >= 0.6 is 0 Å². The number of anilines is 1. The van der Waals surface area contributed by atoms with E-state index in [2.05, 4.69) is 24.5 Å². The van der Waals surface area contributed by atoms with Gasteiger partial charge in [0.1, 0.15) is 18.2 Å². The molecule has 1 aliphatic carbocycles. The molecule has 3 aromatic rings. The van der Waals surface area contributed by atoms with Crippen molar-refractivity contribution in [1.29, 1.82) is 0 Å². The van der Waals surface area contributed by atoms with Gasteiger partial charge in [-0.2, -0.15) is 0 Å². The molecule has 1 fully saturated rings. The van der Waals surface area contributed by atoms with Crippen molar-refractivity contribution in [2.24, 2.45) is 11.1 Å². The van der Waals surface area contributed by atoms with Crippen LogP contribution in [0.3, 0.4) is 0 Å². The Kier molecular flexibility index (Phi) is 8.46. The van der Waals surface area contributed by atoms with E-state index in [1.54, 1.807) is 26.8 Å². The summed E-state index contributed by atoms with van der Waals surface area (Å²) in [4.78, 5) is 49.8. The Hall–Kier alpha value is -4.34. The lowest BCUT2D eigenvalue weighted by Gasteiger charge is -2.31. The lowest BCUT2D eigenvalue weighted by Crippen LogP contribution is -2.38. The number of nitrogens with zero attached hydrogens (tertiary/aromatic N) is 1. The van der Waals surface area contributed by atoms with E-state index in [-0.39, 0.29) is 30.0 Å². The van der Waals surface area contributed by atoms with Crippen LogP contribution in [0.25, 0.3) is 22.0 Å². The molecule has 0 spiro atoms. The molecule has 1 aliphatic heterocycles. The van der Waals surface area contributed by atoms with Crippen LogP contribution in [0.15, 0.2) is 42.5 Å². The van der Waals surface area contributed by atoms with Crippen LogP contribution in [0.2, 0.25) is 0 Å². The van der Waals surface area contributed by atoms with Crippen LogP contribution in [0.1, 0.15) is 87.6 Å². The third kappa shape index (κ3) is 6.90. The summed E-state index contributed by atoms with van der Waals surface area (Å²) in [6.45, 7) is 9.22. The van der Waals surface area contributed by atoms with Crippen LogP contribution < -0.4 is 16.4 Å². The highest BCUT2D eigenvalue weighted by atomic mass is 16.6. The lowest BCUT2D eigenvalue weighted by molar-refractivity contribution is -0.149. The minimum Gasteiger partial charge on any atom is -0.461 e. The van der Waals surface area contributed by atoms with Crippen LogP contribution in [-0.4, -0.2) is 52.7 Å². The van der Waals surface area contributed by atoms with Crippen molar-refractivity contribution in [3.63, 3.8) is 0 Å². The number of nitrogens with two attached hydrogens (primary N) is 1. The number of carbonyl (C=O) groups excluding carboxylic acids is 4. The Bertz CT molecular complexity index is 1610. The first-order chi connectivity index (χ1) is 20.7. The maximum Gasteiger partial charge on any atom is 0.408 e. The van der Waals surface area contributed by atoms with Crippen molar-refractivity contribution in [2.75, 3.05) is 11.9 Å². The van der Waals surface area contributed by atoms with E-state index in [4.69, 9.17) is 15.2 Å². The average Bonchev–Trinajstić information content (AvgIpc) is 3.25. The molecule has 1 aromatic heterocycles. The molecule has 0 unspecified atom stereocenters. The van der Waals surface area contributed by atoms with E-state index in [1.807, 2.05) is 41.0 Å². The number of hydrogen-bond acceptors (Lipinski definition) is 7. The van der Waals surface area contributed by atoms with Gasteiger partial charge in [-0.05, 0) is 82.1 Å². The molecule has 10 nitrogen and oxygen atoms in total. The minimum atomic E-state index is -0.668. The predicted molar refractivity (Wildman–Crippen MR) is 169 cm³/mol. The summed E-state index contributed by atoms with van der Waals surface area (Å²) in [5, 5.41) is 6.96. The number of hydrogen-bond donors (Lipinski definition) is 3. The zero-order chi connectivity index (χ0) is 31.8. The molecule has 0 saturated heterocycles. The van der Waals surface area contributed by atoms with Gasteiger partial charge in [-0.1, -0.05) is 38.1 Å². The van der Waals surface area contributed by atoms with Crippen molar-refractivity contribution >= 4 is 40.5 Å². The number of benzene rings is 2. The summed E-state index contributed by atoms with van der Waals surface area (Å²) in [5.74, 6) is -0.955. The standard InChI is InChI=1S/C34H42N4O6/c1-33(2,3)44-32(42)36-19-29(40)43-22-13-11-21(12-14-22)37-25-16-20(10-15-23(25)31(35)41)30-24-8-6-7-9-26(24)38-27(30)17-34(4,5)18-28(38)39/h6-10,15-16,21-22,37H,11-14,17-19H2,1-5H3,(H2,35,41)(H,36,42). The third-order valence-corrected chi connectivity index (χ3v) is 8.18. The second-order valence-corrected chi connectivity index (χ2v) is 13.7. The summed E-state index contributed by atoms with van der Waals surface area (Å²) in [7, 11) is 0. The summed E-state index contributed by atoms with van der Waals surface area (Å²) < 4.78 is 12.6. The molecular formula is C34H42N4O6. The maximum atomic E-state index is 13.3. The molecule has 10 heteroatoms. The highest BCUT2D eigenvalue weighted by Gasteiger charge is 2.35. The van der Waals surface area contributed by atoms with Gasteiger partial charge < -0.3 is 25.8 Å². The fraction of sp³-hybridized carbons (Fsp3) is 0.471. The van der Waals surface area contributed by atoms with Crippen LogP contribution in [0.5, 0.6) is 0 Å². The molecule has 234 valence electrons. The van der Waals surface area contributed by atoms with Crippen molar-refractivity contribution in [3.05, 3.63) is 53.7 Å². The first-order valence-corrected chi connectivity index (χ1v) is 15.2. The van der Waals surface area contributed by atoms with E-state index in [9.17, 15) is 19.2 Å². The second-order valence-electron chi connectivity index (χ2n) is 13.7. The van der Waals surface area contributed by atoms with Gasteiger partial charge in [-0.3, -0.25) is 19.0 Å². The number of para-hydroxylation sites is 1. The monoisotopic (exact) mass is 602 g/mol. The zero-order valence-electron chi connectivity index (χ0n) is 26.1. The number of ether oxygens (including phenoxy) is 2. The molecule has 2 heterocycles. The van der Waals surface area contributed by atoms with E-state index < -0.39 is 23.6 Å². The number of carbonyl (C=O) groups is 4. The zero-order valence-corrected chi connectivity index (χ0v) is 26.1. The van der Waals surface area contributed by atoms with Gasteiger partial charge >= 0.3 is 12.1 Å². The Balaban J connectivity index is 1.31. The van der Waals surface area contributed by atoms with Gasteiger partial charge in [0.2, 0.25) is 5.91 Å². The predicted octanol–water partition coefficient (Wildman–Crippen LogP) is 5.81. The maximum absolute atomic E-state index is 13.3. The number of rotatable bonds is 7. The fourth-order valence-corrected chi connectivity index (χ4v) is 6.34. The quantitative estimate of drug-likeness (QED) is 0.290. The molecule has 2 aliphatic rings. The summed E-state index contributed by atoms with van der Waals surface area (Å²) in [6, 6.07) is 13.6. The van der Waals surface area contributed by atoms with E-state index in [0.29, 0.717) is 43.4 Å². The number of esters is 1. The summed E-state index contributed by atoms with van der Waals surface area (Å²) in [5.41, 5.74) is 9.77. The average molecular weight is 603 g/mol. The highest BCUT2D eigenvalue weighted by Crippen LogP contribution is 2.43. The van der Waals surface area contributed by atoms with Crippen LogP contribution in [-0.2, 0) is 20.7 Å². The fourth-order valence-electron chi connectivity index (χ4n) is 6.34. The third-order valence-electron chi connectivity index (χ3n) is 8.18. The number of amides is 2. The molecule has 1 saturated carbocycles.